The van der Waals surface area contributed by atoms with Gasteiger partial charge in [0.15, 0.2) is 23.4 Å². The quantitative estimate of drug-likeness (QED) is 0.907. The van der Waals surface area contributed by atoms with Gasteiger partial charge in [0.05, 0.1) is 5.69 Å². The van der Waals surface area contributed by atoms with Crippen LogP contribution in [0.5, 0.6) is 11.5 Å². The molecule has 0 spiro atoms. The van der Waals surface area contributed by atoms with Crippen molar-refractivity contribution in [3.8, 4) is 11.5 Å². The zero-order chi connectivity index (χ0) is 13.1. The zero-order valence-corrected chi connectivity index (χ0v) is 10.7. The number of para-hydroxylation sites is 2. The fraction of sp³-hybridized carbons (Fsp3) is 0.286. The summed E-state index contributed by atoms with van der Waals surface area (Å²) in [6.45, 7) is 1.14. The number of rotatable bonds is 3. The van der Waals surface area contributed by atoms with Crippen molar-refractivity contribution in [3.05, 3.63) is 48.0 Å². The van der Waals surface area contributed by atoms with Crippen LogP contribution in [0.25, 0.3) is 0 Å². The summed E-state index contributed by atoms with van der Waals surface area (Å²) < 4.78 is 11.6. The SMILES string of the molecule is CNCc1ccnc(C2COc3ccccc3O2)n1. The standard InChI is InChI=1S/C14H15N3O2/c1-15-8-10-6-7-16-14(17-10)13-9-18-11-4-2-3-5-12(11)19-13/h2-7,13,15H,8-9H2,1H3. The molecule has 0 radical (unpaired) electrons. The third kappa shape index (κ3) is 2.51. The predicted molar refractivity (Wildman–Crippen MR) is 70.1 cm³/mol. The second-order valence-electron chi connectivity index (χ2n) is 4.30. The lowest BCUT2D eigenvalue weighted by atomic mass is 10.2. The number of fused-ring (bicyclic) bond motifs is 1. The van der Waals surface area contributed by atoms with Gasteiger partial charge in [0.1, 0.15) is 6.61 Å². The molecule has 19 heavy (non-hydrogen) atoms. The molecule has 0 aliphatic carbocycles. The van der Waals surface area contributed by atoms with Crippen LogP contribution in [0.4, 0.5) is 0 Å². The molecule has 1 N–H and O–H groups in total. The highest BCUT2D eigenvalue weighted by Gasteiger charge is 2.24. The fourth-order valence-electron chi connectivity index (χ4n) is 1.99. The molecule has 5 nitrogen and oxygen atoms in total. The second kappa shape index (κ2) is 5.24. The van der Waals surface area contributed by atoms with E-state index in [2.05, 4.69) is 15.3 Å². The zero-order valence-electron chi connectivity index (χ0n) is 10.7. The number of hydrogen-bond acceptors (Lipinski definition) is 5. The predicted octanol–water partition coefficient (Wildman–Crippen LogP) is 1.71. The molecule has 1 unspecified atom stereocenters. The van der Waals surface area contributed by atoms with E-state index in [0.717, 1.165) is 17.2 Å². The van der Waals surface area contributed by atoms with E-state index >= 15 is 0 Å². The lowest BCUT2D eigenvalue weighted by molar-refractivity contribution is 0.0848. The lowest BCUT2D eigenvalue weighted by Gasteiger charge is -2.25. The Hall–Kier alpha value is -2.14. The van der Waals surface area contributed by atoms with E-state index in [9.17, 15) is 0 Å². The number of ether oxygens (including phenoxy) is 2. The number of hydrogen-bond donors (Lipinski definition) is 1. The summed E-state index contributed by atoms with van der Waals surface area (Å²) in [5, 5.41) is 3.07. The summed E-state index contributed by atoms with van der Waals surface area (Å²) in [5.74, 6) is 2.16. The van der Waals surface area contributed by atoms with Gasteiger partial charge in [-0.2, -0.15) is 0 Å². The Morgan fingerprint density at radius 2 is 2.11 bits per heavy atom. The number of benzene rings is 1. The van der Waals surface area contributed by atoms with Crippen LogP contribution in [0, 0.1) is 0 Å². The van der Waals surface area contributed by atoms with Gasteiger partial charge in [-0.15, -0.1) is 0 Å². The molecule has 5 heteroatoms. The van der Waals surface area contributed by atoms with Crippen LogP contribution in [-0.2, 0) is 6.54 Å². The van der Waals surface area contributed by atoms with E-state index in [1.165, 1.54) is 0 Å². The van der Waals surface area contributed by atoms with Crippen LogP contribution in [-0.4, -0.2) is 23.6 Å². The average molecular weight is 257 g/mol. The first-order chi connectivity index (χ1) is 9.36. The molecule has 1 atom stereocenters. The molecule has 1 aromatic heterocycles. The number of aromatic nitrogens is 2. The molecule has 2 aromatic rings. The molecule has 0 saturated heterocycles. The summed E-state index contributed by atoms with van der Waals surface area (Å²) in [6.07, 6.45) is 1.49. The fourth-order valence-corrected chi connectivity index (χ4v) is 1.99. The van der Waals surface area contributed by atoms with Gasteiger partial charge in [-0.05, 0) is 25.2 Å². The Kier molecular flexibility index (Phi) is 3.29. The minimum atomic E-state index is -0.258. The van der Waals surface area contributed by atoms with Crippen LogP contribution >= 0.6 is 0 Å². The molecular weight excluding hydrogens is 242 g/mol. The Morgan fingerprint density at radius 1 is 1.26 bits per heavy atom. The van der Waals surface area contributed by atoms with Gasteiger partial charge in [-0.3, -0.25) is 0 Å². The van der Waals surface area contributed by atoms with Crippen LogP contribution in [0.1, 0.15) is 17.6 Å². The molecule has 0 bridgehead atoms. The minimum absolute atomic E-state index is 0.258. The summed E-state index contributed by atoms with van der Waals surface area (Å²) in [5.41, 5.74) is 0.940. The maximum absolute atomic E-state index is 5.88. The van der Waals surface area contributed by atoms with Gasteiger partial charge >= 0.3 is 0 Å². The van der Waals surface area contributed by atoms with Gasteiger partial charge in [0, 0.05) is 12.7 Å². The molecule has 3 rings (SSSR count). The van der Waals surface area contributed by atoms with E-state index in [4.69, 9.17) is 9.47 Å². The molecule has 1 aliphatic heterocycles. The molecule has 1 aliphatic rings. The molecule has 2 heterocycles. The molecule has 0 amide bonds. The third-order valence-corrected chi connectivity index (χ3v) is 2.89. The van der Waals surface area contributed by atoms with Crippen molar-refractivity contribution in [2.75, 3.05) is 13.7 Å². The first kappa shape index (κ1) is 11.9. The van der Waals surface area contributed by atoms with Crippen LogP contribution < -0.4 is 14.8 Å². The first-order valence-corrected chi connectivity index (χ1v) is 6.22. The average Bonchev–Trinajstić information content (AvgIpc) is 2.47. The maximum atomic E-state index is 5.88. The summed E-state index contributed by atoms with van der Waals surface area (Å²) >= 11 is 0. The smallest absolute Gasteiger partial charge is 0.192 e. The van der Waals surface area contributed by atoms with Gasteiger partial charge in [0.25, 0.3) is 0 Å². The van der Waals surface area contributed by atoms with E-state index in [0.29, 0.717) is 19.0 Å². The summed E-state index contributed by atoms with van der Waals surface area (Å²) in [4.78, 5) is 8.75. The van der Waals surface area contributed by atoms with Crippen molar-refractivity contribution in [2.45, 2.75) is 12.6 Å². The second-order valence-corrected chi connectivity index (χ2v) is 4.30. The summed E-state index contributed by atoms with van der Waals surface area (Å²) in [7, 11) is 1.89. The largest absolute Gasteiger partial charge is 0.485 e. The highest BCUT2D eigenvalue weighted by molar-refractivity contribution is 5.41. The molecule has 0 fully saturated rings. The maximum Gasteiger partial charge on any atom is 0.192 e. The highest BCUT2D eigenvalue weighted by Crippen LogP contribution is 2.34. The lowest BCUT2D eigenvalue weighted by Crippen LogP contribution is -2.24. The molecule has 1 aromatic carbocycles. The van der Waals surface area contributed by atoms with Gasteiger partial charge < -0.3 is 14.8 Å². The van der Waals surface area contributed by atoms with E-state index in [-0.39, 0.29) is 6.10 Å². The van der Waals surface area contributed by atoms with Crippen LogP contribution in [0.2, 0.25) is 0 Å². The number of nitrogens with one attached hydrogen (secondary N) is 1. The van der Waals surface area contributed by atoms with Crippen molar-refractivity contribution < 1.29 is 9.47 Å². The monoisotopic (exact) mass is 257 g/mol. The Bertz CT molecular complexity index is 574. The molecule has 0 saturated carbocycles. The Balaban J connectivity index is 1.82. The normalized spacial score (nSPS) is 17.2. The molecule has 98 valence electrons. The van der Waals surface area contributed by atoms with E-state index < -0.39 is 0 Å². The first-order valence-electron chi connectivity index (χ1n) is 6.22. The van der Waals surface area contributed by atoms with E-state index in [1.54, 1.807) is 6.20 Å². The van der Waals surface area contributed by atoms with E-state index in [1.807, 2.05) is 37.4 Å². The van der Waals surface area contributed by atoms with Gasteiger partial charge in [-0.1, -0.05) is 12.1 Å². The number of nitrogens with zero attached hydrogens (tertiary/aromatic N) is 2. The Morgan fingerprint density at radius 3 is 2.95 bits per heavy atom. The van der Waals surface area contributed by atoms with Crippen molar-refractivity contribution >= 4 is 0 Å². The third-order valence-electron chi connectivity index (χ3n) is 2.89. The van der Waals surface area contributed by atoms with Crippen molar-refractivity contribution in [1.29, 1.82) is 0 Å². The highest BCUT2D eigenvalue weighted by atomic mass is 16.6. The van der Waals surface area contributed by atoms with Crippen molar-refractivity contribution in [2.24, 2.45) is 0 Å². The Labute approximate surface area is 111 Å². The van der Waals surface area contributed by atoms with Gasteiger partial charge in [0.2, 0.25) is 0 Å². The van der Waals surface area contributed by atoms with Gasteiger partial charge in [-0.25, -0.2) is 9.97 Å². The van der Waals surface area contributed by atoms with Crippen LogP contribution in [0.15, 0.2) is 36.5 Å². The van der Waals surface area contributed by atoms with Crippen molar-refractivity contribution in [1.82, 2.24) is 15.3 Å². The topological polar surface area (TPSA) is 56.3 Å². The summed E-state index contributed by atoms with van der Waals surface area (Å²) in [6, 6.07) is 9.51. The molecular formula is C14H15N3O2. The minimum Gasteiger partial charge on any atom is -0.485 e. The van der Waals surface area contributed by atoms with Crippen LogP contribution in [0.3, 0.4) is 0 Å². The van der Waals surface area contributed by atoms with Crippen molar-refractivity contribution in [3.63, 3.8) is 0 Å².